The summed E-state index contributed by atoms with van der Waals surface area (Å²) in [5, 5.41) is 9.48. The molecule has 0 aliphatic rings. The van der Waals surface area contributed by atoms with Crippen molar-refractivity contribution in [2.24, 2.45) is 0 Å². The first-order valence-corrected chi connectivity index (χ1v) is 8.04. The van der Waals surface area contributed by atoms with Crippen LogP contribution in [0.3, 0.4) is 0 Å². The maximum absolute atomic E-state index is 9.48. The van der Waals surface area contributed by atoms with Crippen LogP contribution in [0.2, 0.25) is 0 Å². The zero-order valence-electron chi connectivity index (χ0n) is 12.5. The van der Waals surface area contributed by atoms with Gasteiger partial charge in [-0.1, -0.05) is 88.6 Å². The van der Waals surface area contributed by atoms with Gasteiger partial charge in [-0.15, -0.1) is 0 Å². The number of benzene rings is 1. The monoisotopic (exact) mass is 262 g/mol. The molecular weight excluding hydrogens is 232 g/mol. The molecule has 1 rings (SSSR count). The van der Waals surface area contributed by atoms with E-state index in [9.17, 15) is 5.11 Å². The van der Waals surface area contributed by atoms with Crippen molar-refractivity contribution in [3.05, 3.63) is 35.9 Å². The minimum Gasteiger partial charge on any atom is -0.396 e. The third-order valence-electron chi connectivity index (χ3n) is 3.90. The van der Waals surface area contributed by atoms with Crippen molar-refractivity contribution in [3.63, 3.8) is 0 Å². The molecule has 1 unspecified atom stereocenters. The van der Waals surface area contributed by atoms with Gasteiger partial charge in [0.05, 0.1) is 0 Å². The molecule has 0 heterocycles. The van der Waals surface area contributed by atoms with Crippen molar-refractivity contribution in [2.75, 3.05) is 6.61 Å². The summed E-state index contributed by atoms with van der Waals surface area (Å²) >= 11 is 0. The van der Waals surface area contributed by atoms with Crippen LogP contribution >= 0.6 is 0 Å². The lowest BCUT2D eigenvalue weighted by Crippen LogP contribution is -2.03. The molecule has 19 heavy (non-hydrogen) atoms. The SMILES string of the molecule is CCCCCCCCCCC(CO)c1ccccc1. The summed E-state index contributed by atoms with van der Waals surface area (Å²) in [7, 11) is 0. The predicted octanol–water partition coefficient (Wildman–Crippen LogP) is 5.29. The summed E-state index contributed by atoms with van der Waals surface area (Å²) in [6.07, 6.45) is 11.9. The van der Waals surface area contributed by atoms with Gasteiger partial charge in [-0.25, -0.2) is 0 Å². The largest absolute Gasteiger partial charge is 0.396 e. The van der Waals surface area contributed by atoms with Gasteiger partial charge in [-0.05, 0) is 12.0 Å². The van der Waals surface area contributed by atoms with E-state index in [0.29, 0.717) is 5.92 Å². The van der Waals surface area contributed by atoms with E-state index in [1.165, 1.54) is 56.9 Å². The second kappa shape index (κ2) is 11.0. The molecule has 1 aromatic rings. The van der Waals surface area contributed by atoms with Crippen molar-refractivity contribution < 1.29 is 5.11 Å². The van der Waals surface area contributed by atoms with E-state index < -0.39 is 0 Å². The molecule has 0 spiro atoms. The summed E-state index contributed by atoms with van der Waals surface area (Å²) in [5.41, 5.74) is 1.29. The van der Waals surface area contributed by atoms with E-state index in [1.807, 2.05) is 6.07 Å². The molecule has 108 valence electrons. The second-order valence-electron chi connectivity index (χ2n) is 5.55. The summed E-state index contributed by atoms with van der Waals surface area (Å²) in [6, 6.07) is 10.4. The van der Waals surface area contributed by atoms with E-state index in [0.717, 1.165) is 6.42 Å². The molecule has 1 atom stereocenters. The van der Waals surface area contributed by atoms with E-state index in [2.05, 4.69) is 31.2 Å². The number of unbranched alkanes of at least 4 members (excludes halogenated alkanes) is 7. The Balaban J connectivity index is 2.07. The van der Waals surface area contributed by atoms with Crippen molar-refractivity contribution >= 4 is 0 Å². The number of hydrogen-bond donors (Lipinski definition) is 1. The average molecular weight is 262 g/mol. The van der Waals surface area contributed by atoms with Gasteiger partial charge < -0.3 is 5.11 Å². The zero-order valence-corrected chi connectivity index (χ0v) is 12.5. The van der Waals surface area contributed by atoms with Crippen LogP contribution in [0.15, 0.2) is 30.3 Å². The summed E-state index contributed by atoms with van der Waals surface area (Å²) in [6.45, 7) is 2.54. The Hall–Kier alpha value is -0.820. The Labute approximate surface area is 119 Å². The van der Waals surface area contributed by atoms with Gasteiger partial charge in [0.1, 0.15) is 0 Å². The second-order valence-corrected chi connectivity index (χ2v) is 5.55. The molecule has 0 amide bonds. The van der Waals surface area contributed by atoms with Crippen LogP contribution in [-0.4, -0.2) is 11.7 Å². The highest BCUT2D eigenvalue weighted by atomic mass is 16.3. The minimum absolute atomic E-state index is 0.278. The highest BCUT2D eigenvalue weighted by Crippen LogP contribution is 2.22. The lowest BCUT2D eigenvalue weighted by Gasteiger charge is -2.14. The summed E-state index contributed by atoms with van der Waals surface area (Å²) in [5.74, 6) is 0.335. The zero-order chi connectivity index (χ0) is 13.8. The highest BCUT2D eigenvalue weighted by molar-refractivity contribution is 5.19. The van der Waals surface area contributed by atoms with Gasteiger partial charge in [0.2, 0.25) is 0 Å². The first-order valence-electron chi connectivity index (χ1n) is 8.04. The van der Waals surface area contributed by atoms with Crippen LogP contribution in [0, 0.1) is 0 Å². The molecule has 0 fully saturated rings. The van der Waals surface area contributed by atoms with Crippen molar-refractivity contribution in [3.8, 4) is 0 Å². The number of rotatable bonds is 11. The van der Waals surface area contributed by atoms with Crippen LogP contribution < -0.4 is 0 Å². The standard InChI is InChI=1S/C18H30O/c1-2-3-4-5-6-7-8-10-15-18(16-19)17-13-11-9-12-14-17/h9,11-14,18-19H,2-8,10,15-16H2,1H3. The van der Waals surface area contributed by atoms with E-state index in [1.54, 1.807) is 0 Å². The predicted molar refractivity (Wildman–Crippen MR) is 83.5 cm³/mol. The van der Waals surface area contributed by atoms with Crippen LogP contribution in [0.4, 0.5) is 0 Å². The molecule has 0 bridgehead atoms. The maximum Gasteiger partial charge on any atom is 0.0499 e. The fourth-order valence-electron chi connectivity index (χ4n) is 2.61. The molecule has 1 aromatic carbocycles. The fourth-order valence-corrected chi connectivity index (χ4v) is 2.61. The van der Waals surface area contributed by atoms with E-state index in [-0.39, 0.29) is 6.61 Å². The quantitative estimate of drug-likeness (QED) is 0.537. The number of aliphatic hydroxyl groups excluding tert-OH is 1. The Morgan fingerprint density at radius 2 is 1.42 bits per heavy atom. The Kier molecular flexibility index (Phi) is 9.44. The highest BCUT2D eigenvalue weighted by Gasteiger charge is 2.08. The van der Waals surface area contributed by atoms with Gasteiger partial charge in [-0.2, -0.15) is 0 Å². The van der Waals surface area contributed by atoms with E-state index in [4.69, 9.17) is 0 Å². The first-order chi connectivity index (χ1) is 9.38. The van der Waals surface area contributed by atoms with Gasteiger partial charge in [0.15, 0.2) is 0 Å². The Bertz CT molecular complexity index is 294. The number of hydrogen-bond acceptors (Lipinski definition) is 1. The minimum atomic E-state index is 0.278. The lowest BCUT2D eigenvalue weighted by atomic mass is 9.93. The molecule has 0 aromatic heterocycles. The molecule has 0 saturated heterocycles. The molecule has 0 aliphatic heterocycles. The molecule has 1 heteroatoms. The van der Waals surface area contributed by atoms with Gasteiger partial charge >= 0.3 is 0 Å². The molecular formula is C18H30O. The van der Waals surface area contributed by atoms with Crippen molar-refractivity contribution in [1.29, 1.82) is 0 Å². The van der Waals surface area contributed by atoms with Crippen molar-refractivity contribution in [1.82, 2.24) is 0 Å². The van der Waals surface area contributed by atoms with Crippen molar-refractivity contribution in [2.45, 2.75) is 70.6 Å². The maximum atomic E-state index is 9.48. The van der Waals surface area contributed by atoms with Crippen LogP contribution in [0.5, 0.6) is 0 Å². The number of aliphatic hydroxyl groups is 1. The van der Waals surface area contributed by atoms with Gasteiger partial charge in [0.25, 0.3) is 0 Å². The summed E-state index contributed by atoms with van der Waals surface area (Å²) < 4.78 is 0. The molecule has 0 radical (unpaired) electrons. The normalized spacial score (nSPS) is 12.5. The van der Waals surface area contributed by atoms with Crippen LogP contribution in [-0.2, 0) is 0 Å². The van der Waals surface area contributed by atoms with Gasteiger partial charge in [-0.3, -0.25) is 0 Å². The smallest absolute Gasteiger partial charge is 0.0499 e. The fraction of sp³-hybridized carbons (Fsp3) is 0.667. The Morgan fingerprint density at radius 1 is 0.842 bits per heavy atom. The first kappa shape index (κ1) is 16.2. The molecule has 1 nitrogen and oxygen atoms in total. The lowest BCUT2D eigenvalue weighted by molar-refractivity contribution is 0.256. The van der Waals surface area contributed by atoms with E-state index >= 15 is 0 Å². The third kappa shape index (κ3) is 7.37. The topological polar surface area (TPSA) is 20.2 Å². The molecule has 0 aliphatic carbocycles. The Morgan fingerprint density at radius 3 is 2.00 bits per heavy atom. The average Bonchev–Trinajstić information content (AvgIpc) is 2.47. The third-order valence-corrected chi connectivity index (χ3v) is 3.90. The van der Waals surface area contributed by atoms with Crippen LogP contribution in [0.25, 0.3) is 0 Å². The van der Waals surface area contributed by atoms with Gasteiger partial charge in [0, 0.05) is 12.5 Å². The van der Waals surface area contributed by atoms with Crippen LogP contribution in [0.1, 0.15) is 76.2 Å². The molecule has 0 saturated carbocycles. The summed E-state index contributed by atoms with van der Waals surface area (Å²) in [4.78, 5) is 0. The molecule has 1 N–H and O–H groups in total.